The lowest BCUT2D eigenvalue weighted by atomic mass is 10.2. The van der Waals surface area contributed by atoms with Crippen LogP contribution >= 0.6 is 0 Å². The predicted octanol–water partition coefficient (Wildman–Crippen LogP) is 0.533. The number of nitrogens with zero attached hydrogens (tertiary/aromatic N) is 2. The van der Waals surface area contributed by atoms with Crippen LogP contribution in [0.5, 0.6) is 0 Å². The number of benzene rings is 2. The van der Waals surface area contributed by atoms with Gasteiger partial charge in [0, 0.05) is 6.54 Å². The highest BCUT2D eigenvalue weighted by atomic mass is 16.2. The fourth-order valence-electron chi connectivity index (χ4n) is 3.54. The second-order valence-corrected chi connectivity index (χ2v) is 7.09. The number of piperazine rings is 1. The molecule has 3 N–H and O–H groups in total. The first kappa shape index (κ1) is 18.2. The second kappa shape index (κ2) is 8.22. The minimum absolute atomic E-state index is 0.0276. The summed E-state index contributed by atoms with van der Waals surface area (Å²) in [4.78, 5) is 35.2. The van der Waals surface area contributed by atoms with Crippen molar-refractivity contribution in [2.75, 3.05) is 26.2 Å². The van der Waals surface area contributed by atoms with Gasteiger partial charge in [-0.3, -0.25) is 4.79 Å². The smallest absolute Gasteiger partial charge is 0.318 e. The molecule has 7 heteroatoms. The maximum Gasteiger partial charge on any atom is 0.318 e. The van der Waals surface area contributed by atoms with E-state index in [1.54, 1.807) is 6.07 Å². The van der Waals surface area contributed by atoms with Crippen LogP contribution in [0.3, 0.4) is 0 Å². The molecule has 144 valence electrons. The van der Waals surface area contributed by atoms with E-state index in [-0.39, 0.29) is 11.6 Å². The summed E-state index contributed by atoms with van der Waals surface area (Å²) in [6, 6.07) is 17.2. The lowest BCUT2D eigenvalue weighted by molar-refractivity contribution is -0.918. The maximum atomic E-state index is 12.4. The van der Waals surface area contributed by atoms with E-state index in [4.69, 9.17) is 0 Å². The standard InChI is InChI=1S/C21H23N5O2/c27-20-17-8-4-5-9-18(17)23-19(24-20)15-25-10-12-26(13-11-25)21(28)22-14-16-6-2-1-3-7-16/h1-9H,10-15H2,(H,22,28)(H,23,24,27)/p+1. The highest BCUT2D eigenvalue weighted by molar-refractivity contribution is 5.77. The molecule has 1 aliphatic rings. The quantitative estimate of drug-likeness (QED) is 0.620. The van der Waals surface area contributed by atoms with Crippen molar-refractivity contribution in [3.05, 3.63) is 76.3 Å². The predicted molar refractivity (Wildman–Crippen MR) is 107 cm³/mol. The van der Waals surface area contributed by atoms with Crippen molar-refractivity contribution in [3.8, 4) is 0 Å². The second-order valence-electron chi connectivity index (χ2n) is 7.09. The zero-order valence-electron chi connectivity index (χ0n) is 15.6. The van der Waals surface area contributed by atoms with Crippen LogP contribution in [-0.2, 0) is 13.1 Å². The molecule has 0 spiro atoms. The molecule has 1 fully saturated rings. The van der Waals surface area contributed by atoms with E-state index in [0.717, 1.165) is 24.2 Å². The molecule has 0 radical (unpaired) electrons. The lowest BCUT2D eigenvalue weighted by Crippen LogP contribution is -3.13. The summed E-state index contributed by atoms with van der Waals surface area (Å²) in [7, 11) is 0. The van der Waals surface area contributed by atoms with E-state index in [1.165, 1.54) is 4.90 Å². The van der Waals surface area contributed by atoms with Crippen LogP contribution in [-0.4, -0.2) is 47.1 Å². The molecule has 3 aromatic rings. The topological polar surface area (TPSA) is 82.5 Å². The summed E-state index contributed by atoms with van der Waals surface area (Å²) >= 11 is 0. The molecule has 0 atom stereocenters. The molecule has 1 aliphatic heterocycles. The van der Waals surface area contributed by atoms with Gasteiger partial charge in [-0.05, 0) is 17.7 Å². The van der Waals surface area contributed by atoms with Crippen LogP contribution < -0.4 is 15.8 Å². The molecule has 4 rings (SSSR count). The van der Waals surface area contributed by atoms with Crippen LogP contribution in [0.2, 0.25) is 0 Å². The van der Waals surface area contributed by atoms with E-state index in [9.17, 15) is 9.59 Å². The van der Waals surface area contributed by atoms with E-state index in [2.05, 4.69) is 15.3 Å². The van der Waals surface area contributed by atoms with Gasteiger partial charge < -0.3 is 20.1 Å². The number of amides is 2. The first-order valence-electron chi connectivity index (χ1n) is 9.57. The first-order chi connectivity index (χ1) is 13.7. The summed E-state index contributed by atoms with van der Waals surface area (Å²) in [6.07, 6.45) is 0. The van der Waals surface area contributed by atoms with Crippen molar-refractivity contribution >= 4 is 16.9 Å². The minimum atomic E-state index is -0.0982. The number of nitrogens with one attached hydrogen (secondary N) is 3. The van der Waals surface area contributed by atoms with Gasteiger partial charge in [-0.25, -0.2) is 9.78 Å². The number of H-pyrrole nitrogens is 1. The van der Waals surface area contributed by atoms with Gasteiger partial charge in [-0.2, -0.15) is 0 Å². The number of hydrogen-bond donors (Lipinski definition) is 3. The Morgan fingerprint density at radius 2 is 1.79 bits per heavy atom. The average molecular weight is 378 g/mol. The van der Waals surface area contributed by atoms with Gasteiger partial charge in [-0.1, -0.05) is 42.5 Å². The summed E-state index contributed by atoms with van der Waals surface area (Å²) in [5.41, 5.74) is 1.71. The monoisotopic (exact) mass is 378 g/mol. The number of para-hydroxylation sites is 1. The highest BCUT2D eigenvalue weighted by Gasteiger charge is 2.24. The Labute approximate surface area is 163 Å². The van der Waals surface area contributed by atoms with E-state index >= 15 is 0 Å². The molecule has 7 nitrogen and oxygen atoms in total. The van der Waals surface area contributed by atoms with Gasteiger partial charge in [0.2, 0.25) is 0 Å². The summed E-state index contributed by atoms with van der Waals surface area (Å²) in [6.45, 7) is 4.22. The Balaban J connectivity index is 1.30. The number of aromatic nitrogens is 2. The zero-order chi connectivity index (χ0) is 19.3. The highest BCUT2D eigenvalue weighted by Crippen LogP contribution is 2.05. The molecular formula is C21H24N5O2+. The number of urea groups is 1. The molecule has 2 aromatic carbocycles. The number of quaternary nitrogens is 1. The minimum Gasteiger partial charge on any atom is -0.334 e. The van der Waals surface area contributed by atoms with Crippen molar-refractivity contribution in [1.29, 1.82) is 0 Å². The number of hydrogen-bond acceptors (Lipinski definition) is 3. The molecule has 0 aliphatic carbocycles. The van der Waals surface area contributed by atoms with Crippen molar-refractivity contribution in [1.82, 2.24) is 20.2 Å². The van der Waals surface area contributed by atoms with Crippen LogP contribution in [0.15, 0.2) is 59.4 Å². The first-order valence-corrected chi connectivity index (χ1v) is 9.57. The molecule has 0 unspecified atom stereocenters. The molecular weight excluding hydrogens is 354 g/mol. The average Bonchev–Trinajstić information content (AvgIpc) is 2.73. The van der Waals surface area contributed by atoms with Crippen molar-refractivity contribution < 1.29 is 9.69 Å². The van der Waals surface area contributed by atoms with Crippen LogP contribution in [0.25, 0.3) is 10.9 Å². The number of carbonyl (C=O) groups is 1. The SMILES string of the molecule is O=C(NCc1ccccc1)N1CC[NH+](Cc2nc3ccccc3c(=O)[nH]2)CC1. The fourth-order valence-corrected chi connectivity index (χ4v) is 3.54. The van der Waals surface area contributed by atoms with E-state index in [1.807, 2.05) is 53.4 Å². The van der Waals surface area contributed by atoms with Crippen molar-refractivity contribution in [2.45, 2.75) is 13.1 Å². The number of rotatable bonds is 4. The van der Waals surface area contributed by atoms with Gasteiger partial charge in [0.05, 0.1) is 37.1 Å². The Hall–Kier alpha value is -3.19. The molecule has 2 amide bonds. The third kappa shape index (κ3) is 4.20. The third-order valence-corrected chi connectivity index (χ3v) is 5.12. The Morgan fingerprint density at radius 1 is 1.07 bits per heavy atom. The Morgan fingerprint density at radius 3 is 2.57 bits per heavy atom. The number of carbonyl (C=O) groups excluding carboxylic acids is 1. The van der Waals surface area contributed by atoms with Gasteiger partial charge in [-0.15, -0.1) is 0 Å². The molecule has 0 bridgehead atoms. The summed E-state index contributed by atoms with van der Waals surface area (Å²) < 4.78 is 0. The molecule has 2 heterocycles. The van der Waals surface area contributed by atoms with Crippen LogP contribution in [0.1, 0.15) is 11.4 Å². The van der Waals surface area contributed by atoms with Gasteiger partial charge >= 0.3 is 6.03 Å². The molecule has 1 saturated heterocycles. The summed E-state index contributed by atoms with van der Waals surface area (Å²) in [5, 5.41) is 3.59. The van der Waals surface area contributed by atoms with E-state index in [0.29, 0.717) is 37.4 Å². The van der Waals surface area contributed by atoms with Gasteiger partial charge in [0.25, 0.3) is 5.56 Å². The summed E-state index contributed by atoms with van der Waals surface area (Å²) in [5.74, 6) is 0.695. The molecule has 1 aromatic heterocycles. The van der Waals surface area contributed by atoms with Crippen LogP contribution in [0, 0.1) is 0 Å². The third-order valence-electron chi connectivity index (χ3n) is 5.12. The largest absolute Gasteiger partial charge is 0.334 e. The van der Waals surface area contributed by atoms with Crippen molar-refractivity contribution in [2.24, 2.45) is 0 Å². The van der Waals surface area contributed by atoms with Crippen molar-refractivity contribution in [3.63, 3.8) is 0 Å². The lowest BCUT2D eigenvalue weighted by Gasteiger charge is -2.32. The Bertz CT molecular complexity index is 1010. The fraction of sp³-hybridized carbons (Fsp3) is 0.286. The van der Waals surface area contributed by atoms with Crippen LogP contribution in [0.4, 0.5) is 4.79 Å². The molecule has 0 saturated carbocycles. The zero-order valence-corrected chi connectivity index (χ0v) is 15.6. The maximum absolute atomic E-state index is 12.4. The van der Waals surface area contributed by atoms with Gasteiger partial charge in [0.1, 0.15) is 6.54 Å². The number of fused-ring (bicyclic) bond motifs is 1. The van der Waals surface area contributed by atoms with Gasteiger partial charge in [0.15, 0.2) is 5.82 Å². The Kier molecular flexibility index (Phi) is 5.34. The normalized spacial score (nSPS) is 14.9. The number of aromatic amines is 1. The van der Waals surface area contributed by atoms with E-state index < -0.39 is 0 Å². The molecule has 28 heavy (non-hydrogen) atoms.